The Bertz CT molecular complexity index is 365. The standard InChI is InChI=1S/C11H16ClN3O/c1-8-10(12)7-15(14-8)6-2-5-13-11(16)9-3-4-9/h7,9H,2-6H2,1H3,(H,13,16). The van der Waals surface area contributed by atoms with Gasteiger partial charge in [0.1, 0.15) is 0 Å². The molecule has 0 aromatic carbocycles. The van der Waals surface area contributed by atoms with Crippen molar-refractivity contribution in [2.45, 2.75) is 32.7 Å². The second kappa shape index (κ2) is 4.87. The molecule has 1 aromatic heterocycles. The smallest absolute Gasteiger partial charge is 0.223 e. The molecule has 5 heteroatoms. The second-order valence-corrected chi connectivity index (χ2v) is 4.65. The van der Waals surface area contributed by atoms with Gasteiger partial charge in [-0.1, -0.05) is 11.6 Å². The summed E-state index contributed by atoms with van der Waals surface area (Å²) in [7, 11) is 0. The van der Waals surface area contributed by atoms with E-state index in [0.29, 0.717) is 17.5 Å². The lowest BCUT2D eigenvalue weighted by molar-refractivity contribution is -0.122. The van der Waals surface area contributed by atoms with Crippen LogP contribution < -0.4 is 5.32 Å². The molecule has 1 aliphatic rings. The van der Waals surface area contributed by atoms with Crippen molar-refractivity contribution in [1.82, 2.24) is 15.1 Å². The second-order valence-electron chi connectivity index (χ2n) is 4.24. The van der Waals surface area contributed by atoms with Crippen molar-refractivity contribution < 1.29 is 4.79 Å². The number of nitrogens with zero attached hydrogens (tertiary/aromatic N) is 2. The molecule has 0 saturated heterocycles. The highest BCUT2D eigenvalue weighted by Gasteiger charge is 2.28. The van der Waals surface area contributed by atoms with E-state index >= 15 is 0 Å². The van der Waals surface area contributed by atoms with Gasteiger partial charge in [-0.3, -0.25) is 9.48 Å². The summed E-state index contributed by atoms with van der Waals surface area (Å²) in [6.45, 7) is 3.39. The minimum absolute atomic E-state index is 0.203. The molecule has 0 aliphatic heterocycles. The number of aromatic nitrogens is 2. The summed E-state index contributed by atoms with van der Waals surface area (Å²) in [6.07, 6.45) is 4.81. The quantitative estimate of drug-likeness (QED) is 0.799. The van der Waals surface area contributed by atoms with Crippen molar-refractivity contribution in [3.63, 3.8) is 0 Å². The lowest BCUT2D eigenvalue weighted by Gasteiger charge is -2.04. The maximum Gasteiger partial charge on any atom is 0.223 e. The van der Waals surface area contributed by atoms with E-state index in [-0.39, 0.29) is 5.91 Å². The topological polar surface area (TPSA) is 46.9 Å². The highest BCUT2D eigenvalue weighted by molar-refractivity contribution is 6.31. The van der Waals surface area contributed by atoms with E-state index in [1.807, 2.05) is 17.8 Å². The third-order valence-electron chi connectivity index (χ3n) is 2.70. The fourth-order valence-corrected chi connectivity index (χ4v) is 1.70. The summed E-state index contributed by atoms with van der Waals surface area (Å²) in [5, 5.41) is 7.87. The zero-order valence-corrected chi connectivity index (χ0v) is 10.1. The molecule has 2 rings (SSSR count). The number of carbonyl (C=O) groups excluding carboxylic acids is 1. The first kappa shape index (κ1) is 11.5. The van der Waals surface area contributed by atoms with E-state index in [0.717, 1.165) is 31.5 Å². The Morgan fingerprint density at radius 2 is 2.44 bits per heavy atom. The number of nitrogens with one attached hydrogen (secondary N) is 1. The predicted octanol–water partition coefficient (Wildman–Crippen LogP) is 1.76. The van der Waals surface area contributed by atoms with Crippen LogP contribution in [-0.2, 0) is 11.3 Å². The van der Waals surface area contributed by atoms with E-state index in [1.54, 1.807) is 0 Å². The molecule has 1 saturated carbocycles. The van der Waals surface area contributed by atoms with E-state index in [2.05, 4.69) is 10.4 Å². The summed E-state index contributed by atoms with van der Waals surface area (Å²) in [5.41, 5.74) is 0.851. The number of hydrogen-bond acceptors (Lipinski definition) is 2. The van der Waals surface area contributed by atoms with Crippen LogP contribution >= 0.6 is 11.6 Å². The van der Waals surface area contributed by atoms with E-state index in [9.17, 15) is 4.79 Å². The average molecular weight is 242 g/mol. The molecule has 1 fully saturated rings. The third-order valence-corrected chi connectivity index (χ3v) is 3.07. The van der Waals surface area contributed by atoms with Crippen LogP contribution in [0.3, 0.4) is 0 Å². The molecule has 0 spiro atoms. The van der Waals surface area contributed by atoms with Crippen molar-refractivity contribution in [1.29, 1.82) is 0 Å². The fourth-order valence-electron chi connectivity index (χ4n) is 1.55. The van der Waals surface area contributed by atoms with E-state index in [4.69, 9.17) is 11.6 Å². The van der Waals surface area contributed by atoms with Gasteiger partial charge in [0.05, 0.1) is 10.7 Å². The number of halogens is 1. The molecule has 0 atom stereocenters. The van der Waals surface area contributed by atoms with Gasteiger partial charge in [-0.15, -0.1) is 0 Å². The molecule has 0 bridgehead atoms. The maximum absolute atomic E-state index is 11.3. The lowest BCUT2D eigenvalue weighted by atomic mass is 10.3. The van der Waals surface area contributed by atoms with Crippen molar-refractivity contribution in [2.24, 2.45) is 5.92 Å². The Hall–Kier alpha value is -1.03. The molecular weight excluding hydrogens is 226 g/mol. The average Bonchev–Trinajstić information content (AvgIpc) is 3.03. The maximum atomic E-state index is 11.3. The van der Waals surface area contributed by atoms with Gasteiger partial charge in [0.15, 0.2) is 0 Å². The molecule has 16 heavy (non-hydrogen) atoms. The van der Waals surface area contributed by atoms with Gasteiger partial charge in [0, 0.05) is 25.2 Å². The van der Waals surface area contributed by atoms with Crippen LogP contribution in [-0.4, -0.2) is 22.2 Å². The number of carbonyl (C=O) groups is 1. The van der Waals surface area contributed by atoms with Gasteiger partial charge in [0.2, 0.25) is 5.91 Å². The Morgan fingerprint density at radius 3 is 3.00 bits per heavy atom. The largest absolute Gasteiger partial charge is 0.356 e. The summed E-state index contributed by atoms with van der Waals surface area (Å²) < 4.78 is 1.82. The molecule has 1 aromatic rings. The number of aryl methyl sites for hydroxylation is 2. The number of amides is 1. The Morgan fingerprint density at radius 1 is 1.69 bits per heavy atom. The zero-order chi connectivity index (χ0) is 11.5. The number of hydrogen-bond donors (Lipinski definition) is 1. The molecule has 1 N–H and O–H groups in total. The van der Waals surface area contributed by atoms with Crippen molar-refractivity contribution in [3.8, 4) is 0 Å². The monoisotopic (exact) mass is 241 g/mol. The predicted molar refractivity (Wildman–Crippen MR) is 62.3 cm³/mol. The van der Waals surface area contributed by atoms with Gasteiger partial charge in [-0.05, 0) is 26.2 Å². The Kier molecular flexibility index (Phi) is 3.49. The molecule has 0 radical (unpaired) electrons. The van der Waals surface area contributed by atoms with Crippen LogP contribution in [0, 0.1) is 12.8 Å². The van der Waals surface area contributed by atoms with Crippen LogP contribution in [0.15, 0.2) is 6.20 Å². The fraction of sp³-hybridized carbons (Fsp3) is 0.636. The lowest BCUT2D eigenvalue weighted by Crippen LogP contribution is -2.26. The van der Waals surface area contributed by atoms with Crippen LogP contribution in [0.2, 0.25) is 5.02 Å². The molecule has 0 unspecified atom stereocenters. The van der Waals surface area contributed by atoms with Crippen LogP contribution in [0.1, 0.15) is 25.0 Å². The minimum atomic E-state index is 0.203. The zero-order valence-electron chi connectivity index (χ0n) is 9.37. The van der Waals surface area contributed by atoms with Gasteiger partial charge in [-0.25, -0.2) is 0 Å². The summed E-state index contributed by atoms with van der Waals surface area (Å²) in [5.74, 6) is 0.496. The molecule has 1 heterocycles. The first-order valence-corrected chi connectivity index (χ1v) is 6.02. The normalized spacial score (nSPS) is 15.1. The molecular formula is C11H16ClN3O. The van der Waals surface area contributed by atoms with Crippen LogP contribution in [0.4, 0.5) is 0 Å². The molecule has 1 amide bonds. The first-order chi connectivity index (χ1) is 7.66. The molecule has 88 valence electrons. The van der Waals surface area contributed by atoms with Crippen molar-refractivity contribution in [2.75, 3.05) is 6.54 Å². The summed E-state index contributed by atoms with van der Waals surface area (Å²) in [4.78, 5) is 11.3. The molecule has 1 aliphatic carbocycles. The van der Waals surface area contributed by atoms with Gasteiger partial charge in [-0.2, -0.15) is 5.10 Å². The van der Waals surface area contributed by atoms with Gasteiger partial charge < -0.3 is 5.32 Å². The van der Waals surface area contributed by atoms with Gasteiger partial charge >= 0.3 is 0 Å². The van der Waals surface area contributed by atoms with Gasteiger partial charge in [0.25, 0.3) is 0 Å². The molecule has 4 nitrogen and oxygen atoms in total. The van der Waals surface area contributed by atoms with Crippen LogP contribution in [0.5, 0.6) is 0 Å². The SMILES string of the molecule is Cc1nn(CCCNC(=O)C2CC2)cc1Cl. The highest BCUT2D eigenvalue weighted by atomic mass is 35.5. The Labute approximate surface area is 100.0 Å². The third kappa shape index (κ3) is 2.98. The summed E-state index contributed by atoms with van der Waals surface area (Å²) in [6, 6.07) is 0. The van der Waals surface area contributed by atoms with Crippen LogP contribution in [0.25, 0.3) is 0 Å². The van der Waals surface area contributed by atoms with Crippen molar-refractivity contribution >= 4 is 17.5 Å². The summed E-state index contributed by atoms with van der Waals surface area (Å²) >= 11 is 5.89. The number of rotatable bonds is 5. The van der Waals surface area contributed by atoms with Crippen molar-refractivity contribution in [3.05, 3.63) is 16.9 Å². The highest BCUT2D eigenvalue weighted by Crippen LogP contribution is 2.28. The van der Waals surface area contributed by atoms with E-state index < -0.39 is 0 Å². The van der Waals surface area contributed by atoms with E-state index in [1.165, 1.54) is 0 Å². The Balaban J connectivity index is 1.65. The minimum Gasteiger partial charge on any atom is -0.356 e. The first-order valence-electron chi connectivity index (χ1n) is 5.64.